The van der Waals surface area contributed by atoms with E-state index >= 15 is 0 Å². The Bertz CT molecular complexity index is 1430. The van der Waals surface area contributed by atoms with Crippen LogP contribution in [0, 0.1) is 13.8 Å². The number of methoxy groups -OCH3 is 3. The van der Waals surface area contributed by atoms with Gasteiger partial charge in [-0.05, 0) is 73.5 Å². The number of rotatable bonds is 6. The third kappa shape index (κ3) is 4.20. The van der Waals surface area contributed by atoms with Crippen LogP contribution in [0.1, 0.15) is 21.9 Å². The van der Waals surface area contributed by atoms with Gasteiger partial charge in [0, 0.05) is 0 Å². The van der Waals surface area contributed by atoms with Crippen LogP contribution < -0.4 is 24.4 Å². The normalized spacial score (nSPS) is 10.7. The Morgan fingerprint density at radius 3 is 2.00 bits per heavy atom. The molecule has 0 saturated heterocycles. The zero-order chi connectivity index (χ0) is 24.4. The molecule has 174 valence electrons. The third-order valence-electron chi connectivity index (χ3n) is 5.57. The fraction of sp³-hybridized carbons (Fsp3) is 0.185. The molecular formula is C27H24O7. The summed E-state index contributed by atoms with van der Waals surface area (Å²) in [7, 11) is 4.59. The van der Waals surface area contributed by atoms with Crippen molar-refractivity contribution in [2.75, 3.05) is 21.3 Å². The Balaban J connectivity index is 1.74. The fourth-order valence-corrected chi connectivity index (χ4v) is 3.89. The summed E-state index contributed by atoms with van der Waals surface area (Å²) in [5.74, 6) is 2.39. The molecule has 0 bridgehead atoms. The maximum Gasteiger partial charge on any atom is 0.343 e. The van der Waals surface area contributed by atoms with Crippen LogP contribution >= 0.6 is 0 Å². The van der Waals surface area contributed by atoms with Crippen LogP contribution in [-0.2, 0) is 0 Å². The number of hydrogen-bond acceptors (Lipinski definition) is 7. The molecule has 4 aromatic rings. The van der Waals surface area contributed by atoms with Crippen molar-refractivity contribution in [3.63, 3.8) is 0 Å². The highest BCUT2D eigenvalue weighted by molar-refractivity contribution is 5.93. The molecule has 34 heavy (non-hydrogen) atoms. The van der Waals surface area contributed by atoms with Crippen LogP contribution in [0.3, 0.4) is 0 Å². The van der Waals surface area contributed by atoms with Crippen molar-refractivity contribution in [1.29, 1.82) is 0 Å². The predicted octanol–water partition coefficient (Wildman–Crippen LogP) is 5.32. The molecule has 0 aliphatic carbocycles. The van der Waals surface area contributed by atoms with Gasteiger partial charge >= 0.3 is 5.97 Å². The van der Waals surface area contributed by atoms with Gasteiger partial charge in [0.1, 0.15) is 23.0 Å². The lowest BCUT2D eigenvalue weighted by Crippen LogP contribution is -2.09. The van der Waals surface area contributed by atoms with Crippen LogP contribution in [-0.4, -0.2) is 27.3 Å². The van der Waals surface area contributed by atoms with Gasteiger partial charge in [0.25, 0.3) is 0 Å². The van der Waals surface area contributed by atoms with Gasteiger partial charge in [0.2, 0.25) is 0 Å². The van der Waals surface area contributed by atoms with Gasteiger partial charge in [0.05, 0.1) is 37.7 Å². The summed E-state index contributed by atoms with van der Waals surface area (Å²) < 4.78 is 27.4. The molecule has 1 aromatic heterocycles. The summed E-state index contributed by atoms with van der Waals surface area (Å²) in [6.45, 7) is 3.55. The summed E-state index contributed by atoms with van der Waals surface area (Å²) in [6, 6.07) is 15.0. The second kappa shape index (κ2) is 9.31. The van der Waals surface area contributed by atoms with Crippen molar-refractivity contribution in [2.45, 2.75) is 13.8 Å². The van der Waals surface area contributed by atoms with Gasteiger partial charge in [-0.2, -0.15) is 0 Å². The number of benzene rings is 2. The molecule has 1 heterocycles. The molecule has 0 unspecified atom stereocenters. The number of aryl methyl sites for hydroxylation is 2. The Kier molecular flexibility index (Phi) is 6.27. The lowest BCUT2D eigenvalue weighted by atomic mass is 10.1. The number of esters is 1. The van der Waals surface area contributed by atoms with E-state index in [-0.39, 0.29) is 11.2 Å². The average Bonchev–Trinajstić information content (AvgIpc) is 3.05. The first-order valence-electron chi connectivity index (χ1n) is 10.5. The van der Waals surface area contributed by atoms with Gasteiger partial charge in [-0.25, -0.2) is 4.79 Å². The van der Waals surface area contributed by atoms with E-state index in [0.29, 0.717) is 56.2 Å². The SMILES string of the molecule is COc1ccc(C(=O)Oc2ccc(-c3cc(OC)c4c(C)oc(C)c4c(=O)c3)cc2OC)cc1. The minimum atomic E-state index is -0.531. The van der Waals surface area contributed by atoms with Crippen LogP contribution in [0.4, 0.5) is 0 Å². The molecule has 3 aromatic carbocycles. The van der Waals surface area contributed by atoms with Crippen LogP contribution in [0.5, 0.6) is 23.0 Å². The van der Waals surface area contributed by atoms with Crippen molar-refractivity contribution in [1.82, 2.24) is 0 Å². The van der Waals surface area contributed by atoms with E-state index in [1.165, 1.54) is 13.2 Å². The maximum atomic E-state index is 13.0. The Morgan fingerprint density at radius 1 is 0.706 bits per heavy atom. The van der Waals surface area contributed by atoms with Crippen LogP contribution in [0.2, 0.25) is 0 Å². The molecule has 0 N–H and O–H groups in total. The largest absolute Gasteiger partial charge is 0.497 e. The molecule has 7 heteroatoms. The highest BCUT2D eigenvalue weighted by Gasteiger charge is 2.18. The second-order valence-corrected chi connectivity index (χ2v) is 7.62. The van der Waals surface area contributed by atoms with E-state index in [0.717, 1.165) is 0 Å². The van der Waals surface area contributed by atoms with Gasteiger partial charge in [-0.1, -0.05) is 6.07 Å². The minimum Gasteiger partial charge on any atom is -0.497 e. The van der Waals surface area contributed by atoms with E-state index in [9.17, 15) is 9.59 Å². The number of ether oxygens (including phenoxy) is 4. The Labute approximate surface area is 196 Å². The zero-order valence-electron chi connectivity index (χ0n) is 19.6. The van der Waals surface area contributed by atoms with Gasteiger partial charge < -0.3 is 23.4 Å². The maximum absolute atomic E-state index is 13.0. The predicted molar refractivity (Wildman–Crippen MR) is 128 cm³/mol. The van der Waals surface area contributed by atoms with E-state index in [2.05, 4.69) is 0 Å². The molecule has 0 atom stereocenters. The van der Waals surface area contributed by atoms with Gasteiger partial charge in [-0.15, -0.1) is 0 Å². The first-order valence-corrected chi connectivity index (χ1v) is 10.5. The minimum absolute atomic E-state index is 0.184. The second-order valence-electron chi connectivity index (χ2n) is 7.62. The average molecular weight is 460 g/mol. The summed E-state index contributed by atoms with van der Waals surface area (Å²) in [5, 5.41) is 1.13. The number of fused-ring (bicyclic) bond motifs is 1. The molecule has 7 nitrogen and oxygen atoms in total. The van der Waals surface area contributed by atoms with Crippen LogP contribution in [0.25, 0.3) is 21.9 Å². The first kappa shape index (κ1) is 22.9. The Morgan fingerprint density at radius 2 is 1.35 bits per heavy atom. The van der Waals surface area contributed by atoms with Crippen LogP contribution in [0.15, 0.2) is 63.8 Å². The highest BCUT2D eigenvalue weighted by Crippen LogP contribution is 2.36. The van der Waals surface area contributed by atoms with E-state index in [4.69, 9.17) is 23.4 Å². The molecular weight excluding hydrogens is 436 g/mol. The number of carbonyl (C=O) groups excluding carboxylic acids is 1. The van der Waals surface area contributed by atoms with Crippen molar-refractivity contribution < 1.29 is 28.2 Å². The summed E-state index contributed by atoms with van der Waals surface area (Å²) >= 11 is 0. The number of furan rings is 1. The van der Waals surface area contributed by atoms with E-state index in [1.54, 1.807) is 76.6 Å². The topological polar surface area (TPSA) is 84.2 Å². The van der Waals surface area contributed by atoms with Crippen molar-refractivity contribution in [3.05, 3.63) is 81.9 Å². The standard InChI is InChI=1S/C27H24O7/c1-15-25-21(28)12-19(14-24(32-5)26(25)16(2)33-15)18-8-11-22(23(13-18)31-4)34-27(29)17-6-9-20(30-3)10-7-17/h6-14H,1-5H3. The summed E-state index contributed by atoms with van der Waals surface area (Å²) in [4.78, 5) is 25.6. The molecule has 0 spiro atoms. The molecule has 0 aliphatic heterocycles. The van der Waals surface area contributed by atoms with E-state index < -0.39 is 5.97 Å². The van der Waals surface area contributed by atoms with Gasteiger partial charge in [-0.3, -0.25) is 4.79 Å². The van der Waals surface area contributed by atoms with Gasteiger partial charge in [0.15, 0.2) is 16.9 Å². The number of carbonyl (C=O) groups is 1. The molecule has 0 amide bonds. The van der Waals surface area contributed by atoms with E-state index in [1.807, 2.05) is 0 Å². The lowest BCUT2D eigenvalue weighted by molar-refractivity contribution is 0.0729. The van der Waals surface area contributed by atoms with Crippen molar-refractivity contribution >= 4 is 16.7 Å². The van der Waals surface area contributed by atoms with Crippen molar-refractivity contribution in [3.8, 4) is 34.1 Å². The molecule has 0 fully saturated rings. The monoisotopic (exact) mass is 460 g/mol. The molecule has 0 radical (unpaired) electrons. The summed E-state index contributed by atoms with van der Waals surface area (Å²) in [5.41, 5.74) is 1.51. The molecule has 0 aliphatic rings. The fourth-order valence-electron chi connectivity index (χ4n) is 3.89. The first-order chi connectivity index (χ1) is 16.4. The quantitative estimate of drug-likeness (QED) is 0.284. The van der Waals surface area contributed by atoms with Crippen molar-refractivity contribution in [2.24, 2.45) is 0 Å². The smallest absolute Gasteiger partial charge is 0.343 e. The lowest BCUT2D eigenvalue weighted by Gasteiger charge is -2.11. The molecule has 0 saturated carbocycles. The Hall–Kier alpha value is -4.26. The third-order valence-corrected chi connectivity index (χ3v) is 5.57. The highest BCUT2D eigenvalue weighted by atomic mass is 16.6. The summed E-state index contributed by atoms with van der Waals surface area (Å²) in [6.07, 6.45) is 0. The zero-order valence-corrected chi connectivity index (χ0v) is 19.6. The molecule has 4 rings (SSSR count). The number of hydrogen-bond donors (Lipinski definition) is 0.